The highest BCUT2D eigenvalue weighted by atomic mass is 19.4. The van der Waals surface area contributed by atoms with Gasteiger partial charge in [0.15, 0.2) is 0 Å². The van der Waals surface area contributed by atoms with Crippen LogP contribution in [0.3, 0.4) is 0 Å². The molecule has 0 saturated heterocycles. The second-order valence-electron chi connectivity index (χ2n) is 4.79. The minimum absolute atomic E-state index is 5.94. The molecule has 164 valence electrons. The van der Waals surface area contributed by atoms with Crippen molar-refractivity contribution in [1.29, 1.82) is 0 Å². The Kier molecular flexibility index (Phi) is 6.08. The lowest BCUT2D eigenvalue weighted by atomic mass is 9.86. The summed E-state index contributed by atoms with van der Waals surface area (Å²) < 4.78 is 224. The summed E-state index contributed by atoms with van der Waals surface area (Å²) >= 11 is 0. The lowest BCUT2D eigenvalue weighted by Gasteiger charge is -2.41. The molecule has 0 aliphatic carbocycles. The van der Waals surface area contributed by atoms with Crippen molar-refractivity contribution >= 4 is 0 Å². The van der Waals surface area contributed by atoms with Crippen molar-refractivity contribution in [2.75, 3.05) is 0 Å². The van der Waals surface area contributed by atoms with Gasteiger partial charge in [-0.2, -0.15) is 70.2 Å². The van der Waals surface area contributed by atoms with E-state index in [1.54, 1.807) is 0 Å². The maximum Gasteiger partial charge on any atom is 0.406 e. The van der Waals surface area contributed by atoms with Crippen molar-refractivity contribution in [2.45, 2.75) is 48.4 Å². The molecule has 0 heterocycles. The first-order valence-corrected chi connectivity index (χ1v) is 5.61. The third kappa shape index (κ3) is 3.71. The smallest absolute Gasteiger partial charge is 0.203 e. The van der Waals surface area contributed by atoms with Crippen LogP contribution in [0.15, 0.2) is 0 Å². The molecule has 0 radical (unpaired) electrons. The van der Waals surface area contributed by atoms with E-state index in [1.165, 1.54) is 0 Å². The molecule has 0 nitrogen and oxygen atoms in total. The van der Waals surface area contributed by atoms with Gasteiger partial charge < -0.3 is 0 Å². The molecule has 0 aliphatic rings. The summed E-state index contributed by atoms with van der Waals surface area (Å²) in [5.41, 5.74) is 0. The maximum absolute atomic E-state index is 13.0. The quantitative estimate of drug-likeness (QED) is 0.423. The lowest BCUT2D eigenvalue weighted by molar-refractivity contribution is -0.443. The summed E-state index contributed by atoms with van der Waals surface area (Å²) in [5, 5.41) is 0. The van der Waals surface area contributed by atoms with Crippen LogP contribution in [-0.2, 0) is 0 Å². The van der Waals surface area contributed by atoms with Gasteiger partial charge in [-0.05, 0) is 0 Å². The molecule has 0 atom stereocenters. The monoisotopic (exact) mass is 452 g/mol. The second-order valence-corrected chi connectivity index (χ2v) is 4.79. The van der Waals surface area contributed by atoms with Crippen molar-refractivity contribution in [2.24, 2.45) is 5.92 Å². The van der Waals surface area contributed by atoms with Crippen LogP contribution >= 0.6 is 0 Å². The molecule has 0 aliphatic heterocycles. The molecular formula is C9H2F18. The van der Waals surface area contributed by atoms with E-state index in [-0.39, 0.29) is 0 Å². The van der Waals surface area contributed by atoms with Crippen LogP contribution < -0.4 is 0 Å². The SMILES string of the molecule is FC(F)C(F)(F)C(F)(F)C(F)(F)C(F)(F)C(F)(F)C(C(F)(F)F)C(F)(F)F. The minimum Gasteiger partial charge on any atom is -0.203 e. The summed E-state index contributed by atoms with van der Waals surface area (Å²) in [6.07, 6.45) is -21.0. The van der Waals surface area contributed by atoms with Gasteiger partial charge in [0.2, 0.25) is 5.92 Å². The molecule has 0 saturated carbocycles. The Morgan fingerprint density at radius 1 is 0.370 bits per heavy atom. The zero-order valence-electron chi connectivity index (χ0n) is 11.5. The van der Waals surface area contributed by atoms with E-state index in [0.29, 0.717) is 0 Å². The van der Waals surface area contributed by atoms with Gasteiger partial charge >= 0.3 is 48.4 Å². The fourth-order valence-corrected chi connectivity index (χ4v) is 1.53. The lowest BCUT2D eigenvalue weighted by Crippen LogP contribution is -2.71. The second kappa shape index (κ2) is 6.38. The van der Waals surface area contributed by atoms with Crippen molar-refractivity contribution in [3.05, 3.63) is 0 Å². The Morgan fingerprint density at radius 3 is 0.852 bits per heavy atom. The fraction of sp³-hybridized carbons (Fsp3) is 1.00. The molecule has 0 aromatic heterocycles. The first-order valence-electron chi connectivity index (χ1n) is 5.61. The van der Waals surface area contributed by atoms with Gasteiger partial charge in [0.25, 0.3) is 0 Å². The number of hydrogen-bond donors (Lipinski definition) is 0. The van der Waals surface area contributed by atoms with Gasteiger partial charge in [-0.3, -0.25) is 0 Å². The van der Waals surface area contributed by atoms with Crippen molar-refractivity contribution in [3.8, 4) is 0 Å². The molecule has 27 heavy (non-hydrogen) atoms. The van der Waals surface area contributed by atoms with Crippen molar-refractivity contribution in [1.82, 2.24) is 0 Å². The Bertz CT molecular complexity index is 506. The Hall–Kier alpha value is -1.26. The average molecular weight is 452 g/mol. The maximum atomic E-state index is 13.0. The van der Waals surface area contributed by atoms with Crippen LogP contribution in [0.25, 0.3) is 0 Å². The molecule has 0 rings (SSSR count). The van der Waals surface area contributed by atoms with E-state index < -0.39 is 54.3 Å². The fourth-order valence-electron chi connectivity index (χ4n) is 1.53. The molecule has 0 aromatic rings. The number of halogens is 18. The van der Waals surface area contributed by atoms with Gasteiger partial charge in [-0.1, -0.05) is 0 Å². The van der Waals surface area contributed by atoms with E-state index in [9.17, 15) is 79.0 Å². The zero-order valence-corrected chi connectivity index (χ0v) is 11.5. The highest BCUT2D eigenvalue weighted by Gasteiger charge is 2.91. The summed E-state index contributed by atoms with van der Waals surface area (Å²) in [6, 6.07) is 0. The van der Waals surface area contributed by atoms with Crippen LogP contribution in [0.2, 0.25) is 0 Å². The molecule has 0 unspecified atom stereocenters. The molecule has 18 heteroatoms. The highest BCUT2D eigenvalue weighted by Crippen LogP contribution is 2.62. The first-order chi connectivity index (χ1) is 11.3. The van der Waals surface area contributed by atoms with E-state index in [0.717, 1.165) is 0 Å². The van der Waals surface area contributed by atoms with Crippen LogP contribution in [0.1, 0.15) is 0 Å². The predicted octanol–water partition coefficient (Wildman–Crippen LogP) is 6.17. The summed E-state index contributed by atoms with van der Waals surface area (Å²) in [5.74, 6) is -47.7. The Morgan fingerprint density at radius 2 is 0.630 bits per heavy atom. The van der Waals surface area contributed by atoms with Gasteiger partial charge in [-0.25, -0.2) is 8.78 Å². The van der Waals surface area contributed by atoms with Crippen molar-refractivity contribution < 1.29 is 79.0 Å². The number of rotatable bonds is 6. The molecule has 0 fully saturated rings. The van der Waals surface area contributed by atoms with E-state index in [2.05, 4.69) is 0 Å². The summed E-state index contributed by atoms with van der Waals surface area (Å²) in [6.45, 7) is 0. The van der Waals surface area contributed by atoms with Gasteiger partial charge in [0, 0.05) is 0 Å². The van der Waals surface area contributed by atoms with E-state index in [1.807, 2.05) is 0 Å². The Labute approximate surface area is 135 Å². The molecular weight excluding hydrogens is 450 g/mol. The molecule has 0 aromatic carbocycles. The molecule has 0 spiro atoms. The van der Waals surface area contributed by atoms with E-state index in [4.69, 9.17) is 0 Å². The van der Waals surface area contributed by atoms with E-state index >= 15 is 0 Å². The van der Waals surface area contributed by atoms with Gasteiger partial charge in [0.1, 0.15) is 0 Å². The van der Waals surface area contributed by atoms with Gasteiger partial charge in [-0.15, -0.1) is 0 Å². The summed E-state index contributed by atoms with van der Waals surface area (Å²) in [4.78, 5) is 0. The summed E-state index contributed by atoms with van der Waals surface area (Å²) in [7, 11) is 0. The average Bonchev–Trinajstić information content (AvgIpc) is 2.32. The van der Waals surface area contributed by atoms with Crippen LogP contribution in [0.5, 0.6) is 0 Å². The minimum atomic E-state index is -8.52. The van der Waals surface area contributed by atoms with Crippen LogP contribution in [0.4, 0.5) is 79.0 Å². The highest BCUT2D eigenvalue weighted by molar-refractivity contribution is 5.11. The normalized spacial score (nSPS) is 16.4. The Balaban J connectivity index is 6.68. The molecule has 0 bridgehead atoms. The topological polar surface area (TPSA) is 0 Å². The molecule has 0 amide bonds. The largest absolute Gasteiger partial charge is 0.406 e. The van der Waals surface area contributed by atoms with Crippen molar-refractivity contribution in [3.63, 3.8) is 0 Å². The van der Waals surface area contributed by atoms with Crippen LogP contribution in [-0.4, -0.2) is 48.4 Å². The number of hydrogen-bond acceptors (Lipinski definition) is 0. The zero-order chi connectivity index (χ0) is 22.7. The van der Waals surface area contributed by atoms with Gasteiger partial charge in [0.05, 0.1) is 0 Å². The molecule has 0 N–H and O–H groups in total. The predicted molar refractivity (Wildman–Crippen MR) is 46.3 cm³/mol. The third-order valence-electron chi connectivity index (χ3n) is 2.92. The standard InChI is InChI=1S/C9H2F18/c10-2(11)4(14,15)8(24,25)9(26,27)7(22,23)3(12,13)1(5(16,17)18)6(19,20)21/h1-2H. The van der Waals surface area contributed by atoms with Crippen LogP contribution in [0, 0.1) is 5.92 Å². The first kappa shape index (κ1) is 25.7. The number of alkyl halides is 18. The third-order valence-corrected chi connectivity index (χ3v) is 2.92.